The van der Waals surface area contributed by atoms with Gasteiger partial charge in [-0.15, -0.1) is 0 Å². The highest BCUT2D eigenvalue weighted by molar-refractivity contribution is 5.83. The Morgan fingerprint density at radius 3 is 2.50 bits per heavy atom. The van der Waals surface area contributed by atoms with E-state index in [4.69, 9.17) is 0 Å². The minimum Gasteiger partial charge on any atom is -0.340 e. The first kappa shape index (κ1) is 15.5. The molecule has 3 nitrogen and oxygen atoms in total. The molecule has 1 fully saturated rings. The summed E-state index contributed by atoms with van der Waals surface area (Å²) in [5.41, 5.74) is -0.205. The lowest BCUT2D eigenvalue weighted by Gasteiger charge is -2.44. The molecule has 1 aliphatic rings. The lowest BCUT2D eigenvalue weighted by atomic mass is 9.75. The summed E-state index contributed by atoms with van der Waals surface area (Å²) in [4.78, 5) is 14.9. The molecule has 0 spiro atoms. The Balaban J connectivity index is 2.88. The highest BCUT2D eigenvalue weighted by Crippen LogP contribution is 2.35. The molecule has 1 atom stereocenters. The SMILES string of the molecule is CCCC1(C(=O)N(C)C(C)(C)CC)CCCNC1. The standard InChI is InChI=1S/C15H30N2O/c1-6-9-15(10-8-11-16-12-15)13(18)17(5)14(3,4)7-2/h16H,6-12H2,1-5H3. The van der Waals surface area contributed by atoms with Crippen molar-refractivity contribution in [3.8, 4) is 0 Å². The Labute approximate surface area is 112 Å². The third-order valence-electron chi connectivity index (χ3n) is 4.73. The van der Waals surface area contributed by atoms with Crippen LogP contribution in [0.25, 0.3) is 0 Å². The van der Waals surface area contributed by atoms with Gasteiger partial charge in [0.15, 0.2) is 0 Å². The molecule has 1 N–H and O–H groups in total. The monoisotopic (exact) mass is 254 g/mol. The summed E-state index contributed by atoms with van der Waals surface area (Å²) in [7, 11) is 1.97. The maximum atomic E-state index is 12.9. The first-order chi connectivity index (χ1) is 8.39. The molecule has 0 aliphatic carbocycles. The average Bonchev–Trinajstić information content (AvgIpc) is 2.38. The van der Waals surface area contributed by atoms with Gasteiger partial charge in [-0.3, -0.25) is 4.79 Å². The second kappa shape index (κ2) is 6.05. The summed E-state index contributed by atoms with van der Waals surface area (Å²) in [6.07, 6.45) is 5.23. The van der Waals surface area contributed by atoms with Crippen LogP contribution in [0.1, 0.15) is 59.8 Å². The third-order valence-corrected chi connectivity index (χ3v) is 4.73. The van der Waals surface area contributed by atoms with E-state index in [1.807, 2.05) is 11.9 Å². The molecule has 0 aromatic heterocycles. The van der Waals surface area contributed by atoms with Gasteiger partial charge in [-0.2, -0.15) is 0 Å². The Morgan fingerprint density at radius 2 is 2.06 bits per heavy atom. The molecule has 1 saturated heterocycles. The summed E-state index contributed by atoms with van der Waals surface area (Å²) < 4.78 is 0. The summed E-state index contributed by atoms with van der Waals surface area (Å²) >= 11 is 0. The van der Waals surface area contributed by atoms with Gasteiger partial charge in [0.1, 0.15) is 0 Å². The van der Waals surface area contributed by atoms with Crippen molar-refractivity contribution in [2.45, 2.75) is 65.3 Å². The highest BCUT2D eigenvalue weighted by atomic mass is 16.2. The normalized spacial score (nSPS) is 24.9. The largest absolute Gasteiger partial charge is 0.340 e. The topological polar surface area (TPSA) is 32.3 Å². The number of nitrogens with zero attached hydrogens (tertiary/aromatic N) is 1. The van der Waals surface area contributed by atoms with Gasteiger partial charge in [0.25, 0.3) is 0 Å². The van der Waals surface area contributed by atoms with Gasteiger partial charge in [-0.05, 0) is 46.1 Å². The molecule has 0 radical (unpaired) electrons. The number of rotatable bonds is 5. The highest BCUT2D eigenvalue weighted by Gasteiger charge is 2.43. The van der Waals surface area contributed by atoms with E-state index in [1.54, 1.807) is 0 Å². The van der Waals surface area contributed by atoms with Crippen molar-refractivity contribution in [1.82, 2.24) is 10.2 Å². The predicted octanol–water partition coefficient (Wildman–Crippen LogP) is 2.80. The lowest BCUT2D eigenvalue weighted by molar-refractivity contribution is -0.147. The van der Waals surface area contributed by atoms with Crippen LogP contribution < -0.4 is 5.32 Å². The number of hydrogen-bond donors (Lipinski definition) is 1. The van der Waals surface area contributed by atoms with Crippen LogP contribution in [0.3, 0.4) is 0 Å². The van der Waals surface area contributed by atoms with Gasteiger partial charge in [-0.1, -0.05) is 20.3 Å². The van der Waals surface area contributed by atoms with Crippen LogP contribution in [0.2, 0.25) is 0 Å². The molecular weight excluding hydrogens is 224 g/mol. The molecule has 1 unspecified atom stereocenters. The summed E-state index contributed by atoms with van der Waals surface area (Å²) in [6.45, 7) is 10.5. The van der Waals surface area contributed by atoms with E-state index in [1.165, 1.54) is 0 Å². The molecule has 18 heavy (non-hydrogen) atoms. The Bertz CT molecular complexity index is 275. The molecule has 106 valence electrons. The minimum atomic E-state index is -0.159. The van der Waals surface area contributed by atoms with E-state index in [-0.39, 0.29) is 11.0 Å². The van der Waals surface area contributed by atoms with Crippen LogP contribution >= 0.6 is 0 Å². The molecule has 1 heterocycles. The van der Waals surface area contributed by atoms with E-state index in [2.05, 4.69) is 33.0 Å². The Hall–Kier alpha value is -0.570. The Kier molecular flexibility index (Phi) is 5.20. The van der Waals surface area contributed by atoms with E-state index >= 15 is 0 Å². The van der Waals surface area contributed by atoms with Gasteiger partial charge in [0, 0.05) is 19.1 Å². The molecule has 0 aromatic rings. The van der Waals surface area contributed by atoms with Crippen molar-refractivity contribution < 1.29 is 4.79 Å². The average molecular weight is 254 g/mol. The molecule has 1 rings (SSSR count). The predicted molar refractivity (Wildman–Crippen MR) is 76.6 cm³/mol. The van der Waals surface area contributed by atoms with Crippen LogP contribution in [0.15, 0.2) is 0 Å². The van der Waals surface area contributed by atoms with Gasteiger partial charge >= 0.3 is 0 Å². The van der Waals surface area contributed by atoms with Crippen LogP contribution in [0, 0.1) is 5.41 Å². The summed E-state index contributed by atoms with van der Waals surface area (Å²) in [5.74, 6) is 0.336. The number of piperidine rings is 1. The summed E-state index contributed by atoms with van der Waals surface area (Å²) in [6, 6.07) is 0. The van der Waals surface area contributed by atoms with Crippen molar-refractivity contribution in [3.63, 3.8) is 0 Å². The van der Waals surface area contributed by atoms with Gasteiger partial charge in [0.2, 0.25) is 5.91 Å². The van der Waals surface area contributed by atoms with E-state index in [0.717, 1.165) is 45.2 Å². The molecule has 3 heteroatoms. The lowest BCUT2D eigenvalue weighted by Crippen LogP contribution is -2.56. The third kappa shape index (κ3) is 3.05. The van der Waals surface area contributed by atoms with E-state index < -0.39 is 0 Å². The maximum Gasteiger partial charge on any atom is 0.230 e. The summed E-state index contributed by atoms with van der Waals surface area (Å²) in [5, 5.41) is 3.42. The molecule has 1 amide bonds. The molecule has 0 saturated carbocycles. The molecule has 0 aromatic carbocycles. The molecular formula is C15H30N2O. The van der Waals surface area contributed by atoms with Gasteiger partial charge in [0.05, 0.1) is 5.41 Å². The number of amides is 1. The minimum absolute atomic E-state index is 0.0464. The quantitative estimate of drug-likeness (QED) is 0.818. The number of hydrogen-bond acceptors (Lipinski definition) is 2. The van der Waals surface area contributed by atoms with Gasteiger partial charge in [-0.25, -0.2) is 0 Å². The zero-order valence-electron chi connectivity index (χ0n) is 12.8. The van der Waals surface area contributed by atoms with Crippen molar-refractivity contribution in [2.24, 2.45) is 5.41 Å². The first-order valence-corrected chi connectivity index (χ1v) is 7.38. The van der Waals surface area contributed by atoms with Crippen molar-refractivity contribution >= 4 is 5.91 Å². The fourth-order valence-electron chi connectivity index (χ4n) is 2.82. The van der Waals surface area contributed by atoms with Crippen LogP contribution in [0.4, 0.5) is 0 Å². The van der Waals surface area contributed by atoms with E-state index in [9.17, 15) is 4.79 Å². The maximum absolute atomic E-state index is 12.9. The van der Waals surface area contributed by atoms with Crippen LogP contribution in [0.5, 0.6) is 0 Å². The van der Waals surface area contributed by atoms with Crippen LogP contribution in [-0.4, -0.2) is 36.5 Å². The number of carbonyl (C=O) groups excluding carboxylic acids is 1. The second-order valence-corrected chi connectivity index (χ2v) is 6.34. The fourth-order valence-corrected chi connectivity index (χ4v) is 2.82. The zero-order valence-corrected chi connectivity index (χ0v) is 12.8. The van der Waals surface area contributed by atoms with Crippen molar-refractivity contribution in [3.05, 3.63) is 0 Å². The second-order valence-electron chi connectivity index (χ2n) is 6.34. The van der Waals surface area contributed by atoms with Gasteiger partial charge < -0.3 is 10.2 Å². The van der Waals surface area contributed by atoms with Crippen molar-refractivity contribution in [2.75, 3.05) is 20.1 Å². The Morgan fingerprint density at radius 1 is 1.39 bits per heavy atom. The number of nitrogens with one attached hydrogen (secondary N) is 1. The van der Waals surface area contributed by atoms with E-state index in [0.29, 0.717) is 5.91 Å². The number of carbonyl (C=O) groups is 1. The van der Waals surface area contributed by atoms with Crippen molar-refractivity contribution in [1.29, 1.82) is 0 Å². The fraction of sp³-hybridized carbons (Fsp3) is 0.933. The smallest absolute Gasteiger partial charge is 0.230 e. The molecule has 1 aliphatic heterocycles. The molecule has 0 bridgehead atoms. The van der Waals surface area contributed by atoms with Crippen LogP contribution in [-0.2, 0) is 4.79 Å². The first-order valence-electron chi connectivity index (χ1n) is 7.38. The zero-order chi connectivity index (χ0) is 13.8.